The van der Waals surface area contributed by atoms with Crippen LogP contribution in [0.4, 0.5) is 0 Å². The zero-order valence-electron chi connectivity index (χ0n) is 13.4. The lowest BCUT2D eigenvalue weighted by molar-refractivity contribution is -0.265. The molecule has 7 heteroatoms. The molecule has 1 heterocycles. The fourth-order valence-corrected chi connectivity index (χ4v) is 2.48. The number of amides is 1. The van der Waals surface area contributed by atoms with Crippen LogP contribution in [0.5, 0.6) is 0 Å². The molecule has 1 aliphatic rings. The highest BCUT2D eigenvalue weighted by Gasteiger charge is 2.44. The van der Waals surface area contributed by atoms with Gasteiger partial charge in [0.2, 0.25) is 5.91 Å². The summed E-state index contributed by atoms with van der Waals surface area (Å²) in [5.41, 5.74) is 0. The van der Waals surface area contributed by atoms with E-state index in [2.05, 4.69) is 5.32 Å². The average molecular weight is 317 g/mol. The maximum Gasteiger partial charge on any atom is 0.217 e. The monoisotopic (exact) mass is 317 g/mol. The Morgan fingerprint density at radius 3 is 2.41 bits per heavy atom. The lowest BCUT2D eigenvalue weighted by Crippen LogP contribution is -2.63. The summed E-state index contributed by atoms with van der Waals surface area (Å²) in [7, 11) is 0. The second-order valence-electron chi connectivity index (χ2n) is 5.69. The van der Waals surface area contributed by atoms with Gasteiger partial charge >= 0.3 is 0 Å². The smallest absolute Gasteiger partial charge is 0.217 e. The summed E-state index contributed by atoms with van der Waals surface area (Å²) in [6.45, 7) is 5.06. The second-order valence-corrected chi connectivity index (χ2v) is 5.69. The van der Waals surface area contributed by atoms with Gasteiger partial charge in [-0.1, -0.05) is 6.92 Å². The topological polar surface area (TPSA) is 105 Å². The molecule has 1 amide bonds. The Morgan fingerprint density at radius 1 is 1.18 bits per heavy atom. The number of unbranched alkanes of at least 4 members (excludes halogenated alkanes) is 1. The van der Waals surface area contributed by atoms with E-state index in [4.69, 9.17) is 9.47 Å². The van der Waals surface area contributed by atoms with E-state index >= 15 is 0 Å². The minimum atomic E-state index is -1.15. The standard InChI is InChI=1S/C15H27NO6/c1-4-11-13(19)14(20)12(16-10(3)18)15(22-11)21-8-6-5-7-9(2)17/h11-15,19-20H,4-8H2,1-3H3,(H,16,18)/t11?,12?,13-,14?,15+/m0/s1. The van der Waals surface area contributed by atoms with Gasteiger partial charge in [0, 0.05) is 20.0 Å². The van der Waals surface area contributed by atoms with E-state index in [0.717, 1.165) is 6.42 Å². The van der Waals surface area contributed by atoms with Crippen LogP contribution in [-0.2, 0) is 19.1 Å². The van der Waals surface area contributed by atoms with Gasteiger partial charge in [-0.2, -0.15) is 0 Å². The number of ketones is 1. The first kappa shape index (κ1) is 19.0. The van der Waals surface area contributed by atoms with Crippen LogP contribution in [0.3, 0.4) is 0 Å². The van der Waals surface area contributed by atoms with Gasteiger partial charge < -0.3 is 29.8 Å². The van der Waals surface area contributed by atoms with E-state index < -0.39 is 30.6 Å². The summed E-state index contributed by atoms with van der Waals surface area (Å²) in [4.78, 5) is 22.1. The number of aliphatic hydroxyl groups is 2. The number of Topliss-reactive ketones (excluding diaryl/α,β-unsaturated/α-hetero) is 1. The molecule has 7 nitrogen and oxygen atoms in total. The summed E-state index contributed by atoms with van der Waals surface area (Å²) in [5.74, 6) is -0.199. The lowest BCUT2D eigenvalue weighted by Gasteiger charge is -2.42. The number of aliphatic hydroxyl groups excluding tert-OH is 2. The molecule has 3 unspecified atom stereocenters. The highest BCUT2D eigenvalue weighted by Crippen LogP contribution is 2.24. The summed E-state index contributed by atoms with van der Waals surface area (Å²) in [6.07, 6.45) is -1.15. The van der Waals surface area contributed by atoms with Crippen LogP contribution < -0.4 is 5.32 Å². The van der Waals surface area contributed by atoms with Gasteiger partial charge in [-0.25, -0.2) is 0 Å². The molecular formula is C15H27NO6. The van der Waals surface area contributed by atoms with Crippen LogP contribution in [0.2, 0.25) is 0 Å². The largest absolute Gasteiger partial charge is 0.388 e. The fourth-order valence-electron chi connectivity index (χ4n) is 2.48. The van der Waals surface area contributed by atoms with Gasteiger partial charge in [0.15, 0.2) is 6.29 Å². The predicted molar refractivity (Wildman–Crippen MR) is 79.1 cm³/mol. The van der Waals surface area contributed by atoms with Crippen LogP contribution in [0.1, 0.15) is 46.5 Å². The first-order valence-electron chi connectivity index (χ1n) is 7.76. The third-order valence-corrected chi connectivity index (χ3v) is 3.68. The Hall–Kier alpha value is -1.02. The molecule has 0 bridgehead atoms. The van der Waals surface area contributed by atoms with Crippen molar-refractivity contribution in [1.82, 2.24) is 5.32 Å². The number of carbonyl (C=O) groups excluding carboxylic acids is 2. The number of hydrogen-bond acceptors (Lipinski definition) is 6. The Bertz CT molecular complexity index is 375. The lowest BCUT2D eigenvalue weighted by atomic mass is 9.95. The number of carbonyl (C=O) groups is 2. The van der Waals surface area contributed by atoms with Crippen molar-refractivity contribution in [2.24, 2.45) is 0 Å². The minimum Gasteiger partial charge on any atom is -0.388 e. The van der Waals surface area contributed by atoms with E-state index in [1.165, 1.54) is 6.92 Å². The van der Waals surface area contributed by atoms with E-state index in [1.807, 2.05) is 6.92 Å². The Morgan fingerprint density at radius 2 is 1.86 bits per heavy atom. The van der Waals surface area contributed by atoms with Crippen LogP contribution in [-0.4, -0.2) is 59.2 Å². The molecule has 128 valence electrons. The molecule has 0 radical (unpaired) electrons. The molecule has 0 spiro atoms. The van der Waals surface area contributed by atoms with Gasteiger partial charge in [0.1, 0.15) is 24.0 Å². The molecule has 0 aliphatic carbocycles. The van der Waals surface area contributed by atoms with Crippen molar-refractivity contribution < 1.29 is 29.3 Å². The Balaban J connectivity index is 2.57. The summed E-state index contributed by atoms with van der Waals surface area (Å²) in [6, 6.07) is -0.817. The molecule has 0 aromatic rings. The molecule has 1 saturated heterocycles. The summed E-state index contributed by atoms with van der Waals surface area (Å²) < 4.78 is 11.3. The average Bonchev–Trinajstić information content (AvgIpc) is 2.45. The van der Waals surface area contributed by atoms with E-state index in [-0.39, 0.29) is 11.7 Å². The van der Waals surface area contributed by atoms with Gasteiger partial charge in [-0.05, 0) is 26.2 Å². The van der Waals surface area contributed by atoms with Crippen LogP contribution >= 0.6 is 0 Å². The third kappa shape index (κ3) is 5.64. The van der Waals surface area contributed by atoms with Gasteiger partial charge in [-0.15, -0.1) is 0 Å². The van der Waals surface area contributed by atoms with Crippen molar-refractivity contribution in [2.45, 2.75) is 77.1 Å². The number of rotatable bonds is 8. The van der Waals surface area contributed by atoms with Crippen molar-refractivity contribution in [2.75, 3.05) is 6.61 Å². The van der Waals surface area contributed by atoms with E-state index in [9.17, 15) is 19.8 Å². The molecule has 0 aromatic heterocycles. The maximum atomic E-state index is 11.3. The SMILES string of the molecule is CCC1O[C@@H](OCCCCC(C)=O)C(NC(C)=O)C(O)[C@H]1O. The van der Waals surface area contributed by atoms with E-state index in [1.54, 1.807) is 6.92 Å². The normalized spacial score (nSPS) is 31.8. The molecule has 1 fully saturated rings. The Kier molecular flexibility index (Phi) is 7.95. The number of hydrogen-bond donors (Lipinski definition) is 3. The molecule has 0 aromatic carbocycles. The molecule has 0 saturated carbocycles. The molecule has 1 aliphatic heterocycles. The quantitative estimate of drug-likeness (QED) is 0.549. The van der Waals surface area contributed by atoms with Gasteiger partial charge in [-0.3, -0.25) is 4.79 Å². The number of nitrogens with one attached hydrogen (secondary N) is 1. The van der Waals surface area contributed by atoms with Crippen LogP contribution in [0.15, 0.2) is 0 Å². The van der Waals surface area contributed by atoms with Crippen molar-refractivity contribution >= 4 is 11.7 Å². The zero-order chi connectivity index (χ0) is 16.7. The third-order valence-electron chi connectivity index (χ3n) is 3.68. The van der Waals surface area contributed by atoms with Crippen molar-refractivity contribution in [3.8, 4) is 0 Å². The zero-order valence-corrected chi connectivity index (χ0v) is 13.4. The fraction of sp³-hybridized carbons (Fsp3) is 0.867. The molecule has 3 N–H and O–H groups in total. The van der Waals surface area contributed by atoms with E-state index in [0.29, 0.717) is 25.9 Å². The molecular weight excluding hydrogens is 290 g/mol. The first-order chi connectivity index (χ1) is 10.4. The maximum absolute atomic E-state index is 11.3. The second kappa shape index (κ2) is 9.19. The van der Waals surface area contributed by atoms with Crippen LogP contribution in [0.25, 0.3) is 0 Å². The van der Waals surface area contributed by atoms with Crippen molar-refractivity contribution in [3.05, 3.63) is 0 Å². The van der Waals surface area contributed by atoms with Gasteiger partial charge in [0.25, 0.3) is 0 Å². The summed E-state index contributed by atoms with van der Waals surface area (Å²) >= 11 is 0. The molecule has 1 rings (SSSR count). The Labute approximate surface area is 131 Å². The molecule has 5 atom stereocenters. The van der Waals surface area contributed by atoms with Crippen molar-refractivity contribution in [3.63, 3.8) is 0 Å². The summed E-state index contributed by atoms with van der Waals surface area (Å²) in [5, 5.41) is 22.7. The highest BCUT2D eigenvalue weighted by molar-refractivity contribution is 5.75. The minimum absolute atomic E-state index is 0.134. The predicted octanol–water partition coefficient (Wildman–Crippen LogP) is 0.124. The number of ether oxygens (including phenoxy) is 2. The van der Waals surface area contributed by atoms with Gasteiger partial charge in [0.05, 0.1) is 6.10 Å². The highest BCUT2D eigenvalue weighted by atomic mass is 16.7. The molecule has 22 heavy (non-hydrogen) atoms. The van der Waals surface area contributed by atoms with Crippen molar-refractivity contribution in [1.29, 1.82) is 0 Å². The first-order valence-corrected chi connectivity index (χ1v) is 7.76. The van der Waals surface area contributed by atoms with Crippen LogP contribution in [0, 0.1) is 0 Å².